The number of methoxy groups -OCH3 is 1. The predicted octanol–water partition coefficient (Wildman–Crippen LogP) is 2.75. The first-order valence-electron chi connectivity index (χ1n) is 5.57. The minimum absolute atomic E-state index is 0.384. The maximum Gasteiger partial charge on any atom is 0.132 e. The van der Waals surface area contributed by atoms with Crippen LogP contribution >= 0.6 is 11.6 Å². The van der Waals surface area contributed by atoms with Crippen LogP contribution in [0.25, 0.3) is 0 Å². The molecule has 0 unspecified atom stereocenters. The highest BCUT2D eigenvalue weighted by Crippen LogP contribution is 2.26. The number of nitrogens with zero attached hydrogens (tertiary/aromatic N) is 2. The molecule has 2 rings (SSSR count). The molecule has 0 fully saturated rings. The lowest BCUT2D eigenvalue weighted by Crippen LogP contribution is -2.00. The molecule has 0 saturated carbocycles. The zero-order chi connectivity index (χ0) is 13.0. The van der Waals surface area contributed by atoms with E-state index in [1.807, 2.05) is 37.5 Å². The van der Waals surface area contributed by atoms with Crippen LogP contribution in [0.15, 0.2) is 30.5 Å². The molecule has 0 aliphatic rings. The van der Waals surface area contributed by atoms with E-state index in [1.54, 1.807) is 11.8 Å². The van der Waals surface area contributed by atoms with Crippen molar-refractivity contribution >= 4 is 11.6 Å². The second-order valence-electron chi connectivity index (χ2n) is 3.88. The Kier molecular flexibility index (Phi) is 4.10. The maximum atomic E-state index is 5.89. The molecule has 0 radical (unpaired) electrons. The number of ether oxygens (including phenoxy) is 2. The molecule has 0 amide bonds. The van der Waals surface area contributed by atoms with Crippen molar-refractivity contribution in [2.24, 2.45) is 7.05 Å². The van der Waals surface area contributed by atoms with Crippen molar-refractivity contribution in [2.45, 2.75) is 12.5 Å². The monoisotopic (exact) mass is 266 g/mol. The van der Waals surface area contributed by atoms with E-state index in [0.29, 0.717) is 12.5 Å². The number of aromatic nitrogens is 2. The standard InChI is InChI=1S/C13H15ClN2O2/c1-16-6-5-11(15-16)9-18-13-4-3-12(17-2)7-10(13)8-14/h3-7H,8-9H2,1-2H3. The van der Waals surface area contributed by atoms with Crippen LogP contribution in [0.5, 0.6) is 11.5 Å². The SMILES string of the molecule is COc1ccc(OCc2ccn(C)n2)c(CCl)c1. The molecule has 0 atom stereocenters. The molecular weight excluding hydrogens is 252 g/mol. The zero-order valence-electron chi connectivity index (χ0n) is 10.4. The van der Waals surface area contributed by atoms with Crippen LogP contribution in [0.3, 0.4) is 0 Å². The van der Waals surface area contributed by atoms with E-state index in [2.05, 4.69) is 5.10 Å². The van der Waals surface area contributed by atoms with E-state index in [1.165, 1.54) is 0 Å². The summed E-state index contributed by atoms with van der Waals surface area (Å²) in [6, 6.07) is 7.51. The average Bonchev–Trinajstić information content (AvgIpc) is 2.82. The van der Waals surface area contributed by atoms with Gasteiger partial charge in [0.1, 0.15) is 18.1 Å². The van der Waals surface area contributed by atoms with Gasteiger partial charge in [0.15, 0.2) is 0 Å². The van der Waals surface area contributed by atoms with Gasteiger partial charge in [-0.05, 0) is 24.3 Å². The third-order valence-corrected chi connectivity index (χ3v) is 2.84. The second-order valence-corrected chi connectivity index (χ2v) is 4.14. The van der Waals surface area contributed by atoms with Gasteiger partial charge in [-0.2, -0.15) is 5.10 Å². The quantitative estimate of drug-likeness (QED) is 0.781. The molecular formula is C13H15ClN2O2. The Balaban J connectivity index is 2.08. The summed E-state index contributed by atoms with van der Waals surface area (Å²) in [5, 5.41) is 4.25. The van der Waals surface area contributed by atoms with Gasteiger partial charge in [0.05, 0.1) is 18.7 Å². The molecule has 96 valence electrons. The first-order valence-corrected chi connectivity index (χ1v) is 6.10. The maximum absolute atomic E-state index is 5.89. The highest BCUT2D eigenvalue weighted by molar-refractivity contribution is 6.17. The third kappa shape index (κ3) is 2.96. The Labute approximate surface area is 111 Å². The van der Waals surface area contributed by atoms with Crippen molar-refractivity contribution in [1.82, 2.24) is 9.78 Å². The first-order chi connectivity index (χ1) is 8.72. The van der Waals surface area contributed by atoms with E-state index in [0.717, 1.165) is 22.8 Å². The first kappa shape index (κ1) is 12.8. The van der Waals surface area contributed by atoms with Crippen LogP contribution in [0.1, 0.15) is 11.3 Å². The van der Waals surface area contributed by atoms with Gasteiger partial charge in [0, 0.05) is 18.8 Å². The lowest BCUT2D eigenvalue weighted by molar-refractivity contribution is 0.297. The Hall–Kier alpha value is -1.68. The van der Waals surface area contributed by atoms with Gasteiger partial charge in [-0.15, -0.1) is 11.6 Å². The molecule has 0 spiro atoms. The second kappa shape index (κ2) is 5.78. The van der Waals surface area contributed by atoms with Crippen LogP contribution in [-0.4, -0.2) is 16.9 Å². The number of hydrogen-bond donors (Lipinski definition) is 0. The Morgan fingerprint density at radius 2 is 2.17 bits per heavy atom. The van der Waals surface area contributed by atoms with Gasteiger partial charge < -0.3 is 9.47 Å². The Bertz CT molecular complexity index is 525. The van der Waals surface area contributed by atoms with Crippen molar-refractivity contribution in [2.75, 3.05) is 7.11 Å². The molecule has 1 heterocycles. The fourth-order valence-corrected chi connectivity index (χ4v) is 1.83. The normalized spacial score (nSPS) is 10.4. The van der Waals surface area contributed by atoms with Crippen LogP contribution in [0, 0.1) is 0 Å². The van der Waals surface area contributed by atoms with Crippen LogP contribution in [-0.2, 0) is 19.5 Å². The topological polar surface area (TPSA) is 36.3 Å². The summed E-state index contributed by atoms with van der Waals surface area (Å²) >= 11 is 5.89. The Morgan fingerprint density at radius 1 is 1.33 bits per heavy atom. The van der Waals surface area contributed by atoms with Gasteiger partial charge in [-0.1, -0.05) is 0 Å². The summed E-state index contributed by atoms with van der Waals surface area (Å²) in [5.74, 6) is 1.92. The largest absolute Gasteiger partial charge is 0.497 e. The van der Waals surface area contributed by atoms with Crippen LogP contribution in [0.2, 0.25) is 0 Å². The highest BCUT2D eigenvalue weighted by Gasteiger charge is 2.06. The molecule has 0 aliphatic carbocycles. The third-order valence-electron chi connectivity index (χ3n) is 2.56. The summed E-state index contributed by atoms with van der Waals surface area (Å²) < 4.78 is 12.6. The zero-order valence-corrected chi connectivity index (χ0v) is 11.1. The molecule has 0 bridgehead atoms. The Morgan fingerprint density at radius 3 is 2.78 bits per heavy atom. The number of rotatable bonds is 5. The molecule has 5 heteroatoms. The number of hydrogen-bond acceptors (Lipinski definition) is 3. The summed E-state index contributed by atoms with van der Waals surface area (Å²) in [4.78, 5) is 0. The lowest BCUT2D eigenvalue weighted by Gasteiger charge is -2.10. The molecule has 4 nitrogen and oxygen atoms in total. The van der Waals surface area contributed by atoms with E-state index in [-0.39, 0.29) is 0 Å². The van der Waals surface area contributed by atoms with Crippen molar-refractivity contribution in [1.29, 1.82) is 0 Å². The van der Waals surface area contributed by atoms with Crippen molar-refractivity contribution in [3.63, 3.8) is 0 Å². The molecule has 0 aliphatic heterocycles. The smallest absolute Gasteiger partial charge is 0.132 e. The summed E-state index contributed by atoms with van der Waals surface area (Å²) in [7, 11) is 3.50. The van der Waals surface area contributed by atoms with E-state index >= 15 is 0 Å². The fourth-order valence-electron chi connectivity index (χ4n) is 1.62. The molecule has 2 aromatic rings. The molecule has 0 saturated heterocycles. The predicted molar refractivity (Wildman–Crippen MR) is 70.1 cm³/mol. The van der Waals surface area contributed by atoms with Crippen molar-refractivity contribution in [3.05, 3.63) is 41.7 Å². The lowest BCUT2D eigenvalue weighted by atomic mass is 10.2. The minimum atomic E-state index is 0.384. The number of benzene rings is 1. The van der Waals surface area contributed by atoms with Gasteiger partial charge in [-0.25, -0.2) is 0 Å². The summed E-state index contributed by atoms with van der Waals surface area (Å²) in [6.45, 7) is 0.428. The molecule has 0 N–H and O–H groups in total. The number of halogens is 1. The van der Waals surface area contributed by atoms with E-state index < -0.39 is 0 Å². The van der Waals surface area contributed by atoms with Gasteiger partial charge in [-0.3, -0.25) is 4.68 Å². The van der Waals surface area contributed by atoms with Crippen molar-refractivity contribution < 1.29 is 9.47 Å². The minimum Gasteiger partial charge on any atom is -0.497 e. The molecule has 1 aromatic heterocycles. The van der Waals surface area contributed by atoms with Crippen LogP contribution in [0.4, 0.5) is 0 Å². The number of alkyl halides is 1. The van der Waals surface area contributed by atoms with Gasteiger partial charge in [0.2, 0.25) is 0 Å². The average molecular weight is 267 g/mol. The molecule has 18 heavy (non-hydrogen) atoms. The summed E-state index contributed by atoms with van der Waals surface area (Å²) in [6.07, 6.45) is 1.88. The van der Waals surface area contributed by atoms with E-state index in [9.17, 15) is 0 Å². The van der Waals surface area contributed by atoms with E-state index in [4.69, 9.17) is 21.1 Å². The van der Waals surface area contributed by atoms with Crippen LogP contribution < -0.4 is 9.47 Å². The highest BCUT2D eigenvalue weighted by atomic mass is 35.5. The van der Waals surface area contributed by atoms with Gasteiger partial charge in [0.25, 0.3) is 0 Å². The summed E-state index contributed by atoms with van der Waals surface area (Å²) in [5.41, 5.74) is 1.79. The van der Waals surface area contributed by atoms with Crippen molar-refractivity contribution in [3.8, 4) is 11.5 Å². The fraction of sp³-hybridized carbons (Fsp3) is 0.308. The number of aryl methyl sites for hydroxylation is 1. The molecule has 1 aromatic carbocycles. The van der Waals surface area contributed by atoms with Gasteiger partial charge >= 0.3 is 0 Å².